The number of para-hydroxylation sites is 1. The van der Waals surface area contributed by atoms with Crippen LogP contribution < -0.4 is 20.9 Å². The monoisotopic (exact) mass is 500 g/mol. The Morgan fingerprint density at radius 1 is 1.03 bits per heavy atom. The van der Waals surface area contributed by atoms with Crippen molar-refractivity contribution in [3.8, 4) is 0 Å². The van der Waals surface area contributed by atoms with Crippen LogP contribution >= 0.6 is 0 Å². The number of hydrogen-bond acceptors (Lipinski definition) is 7. The third-order valence-electron chi connectivity index (χ3n) is 5.78. The smallest absolute Gasteiger partial charge is 0.321 e. The predicted molar refractivity (Wildman–Crippen MR) is 142 cm³/mol. The van der Waals surface area contributed by atoms with Gasteiger partial charge in [0.25, 0.3) is 5.91 Å². The molecule has 1 aliphatic heterocycles. The van der Waals surface area contributed by atoms with E-state index < -0.39 is 36.0 Å². The minimum Gasteiger partial charge on any atom is -0.388 e. The second-order valence-corrected chi connectivity index (χ2v) is 8.95. The number of aromatic nitrogens is 1. The topological polar surface area (TPSA) is 136 Å². The lowest BCUT2D eigenvalue weighted by molar-refractivity contribution is -0.134. The Bertz CT molecular complexity index is 1350. The van der Waals surface area contributed by atoms with Crippen LogP contribution in [0.1, 0.15) is 25.1 Å². The minimum atomic E-state index is -1.66. The number of ketones is 1. The van der Waals surface area contributed by atoms with Crippen molar-refractivity contribution in [3.63, 3.8) is 0 Å². The summed E-state index contributed by atoms with van der Waals surface area (Å²) in [5.74, 6) is -1.20. The molecule has 1 aromatic heterocycles. The van der Waals surface area contributed by atoms with Crippen molar-refractivity contribution in [1.29, 1.82) is 0 Å². The number of pyridine rings is 1. The Labute approximate surface area is 214 Å². The zero-order valence-corrected chi connectivity index (χ0v) is 20.7. The average Bonchev–Trinajstić information content (AvgIpc) is 2.99. The number of hydrogen-bond donors (Lipinski definition) is 4. The number of benzene rings is 2. The molecule has 0 unspecified atom stereocenters. The molecule has 190 valence electrons. The predicted octanol–water partition coefficient (Wildman–Crippen LogP) is 2.80. The molecule has 37 heavy (non-hydrogen) atoms. The number of fused-ring (bicyclic) bond motifs is 1. The number of aliphatic imine (C=N–C) groups is 1. The van der Waals surface area contributed by atoms with Gasteiger partial charge in [-0.25, -0.2) is 9.79 Å². The van der Waals surface area contributed by atoms with Gasteiger partial charge in [-0.05, 0) is 50.2 Å². The van der Waals surface area contributed by atoms with Crippen LogP contribution in [-0.4, -0.2) is 58.9 Å². The molecule has 0 spiro atoms. The summed E-state index contributed by atoms with van der Waals surface area (Å²) in [7, 11) is 1.76. The summed E-state index contributed by atoms with van der Waals surface area (Å²) in [5, 5.41) is 18.6. The second-order valence-electron chi connectivity index (χ2n) is 8.95. The van der Waals surface area contributed by atoms with Crippen LogP contribution in [0, 0.1) is 0 Å². The number of carbonyl (C=O) groups is 3. The van der Waals surface area contributed by atoms with Crippen LogP contribution in [0.4, 0.5) is 21.9 Å². The van der Waals surface area contributed by atoms with Crippen molar-refractivity contribution in [2.45, 2.75) is 25.6 Å². The van der Waals surface area contributed by atoms with Gasteiger partial charge in [-0.15, -0.1) is 0 Å². The molecule has 2 aromatic carbocycles. The van der Waals surface area contributed by atoms with Crippen LogP contribution in [0.2, 0.25) is 0 Å². The number of carbonyl (C=O) groups excluding carboxylic acids is 3. The van der Waals surface area contributed by atoms with E-state index in [9.17, 15) is 19.5 Å². The highest BCUT2D eigenvalue weighted by atomic mass is 16.3. The third-order valence-corrected chi connectivity index (χ3v) is 5.78. The first kappa shape index (κ1) is 25.5. The highest BCUT2D eigenvalue weighted by Gasteiger charge is 2.36. The molecular weight excluding hydrogens is 472 g/mol. The van der Waals surface area contributed by atoms with Crippen molar-refractivity contribution in [1.82, 2.24) is 10.3 Å². The number of anilines is 3. The van der Waals surface area contributed by atoms with Crippen molar-refractivity contribution < 1.29 is 19.5 Å². The van der Waals surface area contributed by atoms with Gasteiger partial charge in [-0.2, -0.15) is 0 Å². The van der Waals surface area contributed by atoms with Gasteiger partial charge in [0.1, 0.15) is 5.60 Å². The molecule has 2 heterocycles. The Kier molecular flexibility index (Phi) is 7.30. The Hall–Kier alpha value is -4.57. The molecule has 4 rings (SSSR count). The maximum absolute atomic E-state index is 13.7. The molecule has 10 nitrogen and oxygen atoms in total. The van der Waals surface area contributed by atoms with Crippen LogP contribution in [0.25, 0.3) is 0 Å². The summed E-state index contributed by atoms with van der Waals surface area (Å²) >= 11 is 0. The molecule has 1 aliphatic rings. The molecule has 0 saturated heterocycles. The van der Waals surface area contributed by atoms with E-state index in [-0.39, 0.29) is 0 Å². The van der Waals surface area contributed by atoms with E-state index in [1.807, 2.05) is 6.07 Å². The molecule has 10 heteroatoms. The van der Waals surface area contributed by atoms with Crippen molar-refractivity contribution in [2.75, 3.05) is 29.1 Å². The van der Waals surface area contributed by atoms with Gasteiger partial charge < -0.3 is 26.0 Å². The van der Waals surface area contributed by atoms with E-state index in [0.29, 0.717) is 28.3 Å². The normalized spacial score (nSPS) is 15.2. The van der Waals surface area contributed by atoms with Gasteiger partial charge in [-0.1, -0.05) is 30.3 Å². The molecule has 0 saturated carbocycles. The molecule has 3 amide bonds. The SMILES string of the molecule is CNc1cccc(NC(=O)N[C@@H]2N=C(c3ccccn3)c3ccccc3N(CC(=O)C(C)(C)O)C2=O)c1. The molecule has 0 bridgehead atoms. The number of aliphatic hydroxyl groups is 1. The standard InChI is InChI=1S/C27H28N6O4/c1-27(2,37)22(34)16-33-21-13-5-4-11-19(21)23(20-12-6-7-14-29-20)31-24(25(33)35)32-26(36)30-18-10-8-9-17(15-18)28-3/h4-15,24,28,37H,16H2,1-3H3,(H2,30,32,36)/t24-/m0/s1. The molecule has 0 radical (unpaired) electrons. The average molecular weight is 501 g/mol. The summed E-state index contributed by atoms with van der Waals surface area (Å²) in [6, 6.07) is 18.7. The largest absolute Gasteiger partial charge is 0.388 e. The molecule has 0 aliphatic carbocycles. The number of nitrogens with one attached hydrogen (secondary N) is 3. The summed E-state index contributed by atoms with van der Waals surface area (Å²) in [5.41, 5.74) is 1.50. The summed E-state index contributed by atoms with van der Waals surface area (Å²) < 4.78 is 0. The van der Waals surface area contributed by atoms with Gasteiger partial charge in [0.15, 0.2) is 5.78 Å². The lowest BCUT2D eigenvalue weighted by atomic mass is 10.0. The maximum Gasteiger partial charge on any atom is 0.321 e. The van der Waals surface area contributed by atoms with Crippen molar-refractivity contribution >= 4 is 40.5 Å². The van der Waals surface area contributed by atoms with Crippen LogP contribution in [-0.2, 0) is 9.59 Å². The second kappa shape index (κ2) is 10.6. The Morgan fingerprint density at radius 3 is 2.46 bits per heavy atom. The van der Waals surface area contributed by atoms with Crippen LogP contribution in [0.5, 0.6) is 0 Å². The molecule has 0 fully saturated rings. The number of nitrogens with zero attached hydrogens (tertiary/aromatic N) is 3. The number of amides is 3. The minimum absolute atomic E-state index is 0.380. The first-order valence-electron chi connectivity index (χ1n) is 11.7. The van der Waals surface area contributed by atoms with Crippen molar-refractivity contribution in [2.24, 2.45) is 4.99 Å². The number of rotatable bonds is 7. The van der Waals surface area contributed by atoms with E-state index >= 15 is 0 Å². The number of Topliss-reactive ketones (excluding diaryl/α,β-unsaturated/α-hetero) is 1. The number of benzodiazepines with no additional fused rings is 1. The Balaban J connectivity index is 1.74. The fourth-order valence-electron chi connectivity index (χ4n) is 3.77. The first-order chi connectivity index (χ1) is 17.7. The zero-order valence-electron chi connectivity index (χ0n) is 20.7. The van der Waals surface area contributed by atoms with Crippen LogP contribution in [0.3, 0.4) is 0 Å². The summed E-state index contributed by atoms with van der Waals surface area (Å²) in [6.07, 6.45) is 0.235. The molecule has 1 atom stereocenters. The lowest BCUT2D eigenvalue weighted by Gasteiger charge is -2.27. The summed E-state index contributed by atoms with van der Waals surface area (Å²) in [4.78, 5) is 49.7. The zero-order chi connectivity index (χ0) is 26.6. The van der Waals surface area contributed by atoms with Crippen LogP contribution in [0.15, 0.2) is 77.9 Å². The fraction of sp³-hybridized carbons (Fsp3) is 0.222. The molecule has 4 N–H and O–H groups in total. The van der Waals surface area contributed by atoms with Crippen molar-refractivity contribution in [3.05, 3.63) is 84.2 Å². The number of urea groups is 1. The van der Waals surface area contributed by atoms with E-state index in [1.54, 1.807) is 73.9 Å². The van der Waals surface area contributed by atoms with Gasteiger partial charge in [0.05, 0.1) is 23.6 Å². The first-order valence-corrected chi connectivity index (χ1v) is 11.7. The Morgan fingerprint density at radius 2 is 1.76 bits per heavy atom. The highest BCUT2D eigenvalue weighted by molar-refractivity contribution is 6.20. The highest BCUT2D eigenvalue weighted by Crippen LogP contribution is 2.28. The third kappa shape index (κ3) is 5.81. The van der Waals surface area contributed by atoms with E-state index in [0.717, 1.165) is 5.69 Å². The van der Waals surface area contributed by atoms with E-state index in [1.165, 1.54) is 18.7 Å². The molecular formula is C27H28N6O4. The van der Waals surface area contributed by atoms with E-state index in [2.05, 4.69) is 25.9 Å². The van der Waals surface area contributed by atoms with Gasteiger partial charge in [0.2, 0.25) is 6.17 Å². The maximum atomic E-state index is 13.7. The van der Waals surface area contributed by atoms with Gasteiger partial charge >= 0.3 is 6.03 Å². The lowest BCUT2D eigenvalue weighted by Crippen LogP contribution is -2.51. The molecule has 3 aromatic rings. The van der Waals surface area contributed by atoms with Gasteiger partial charge in [0, 0.05) is 30.2 Å². The van der Waals surface area contributed by atoms with Gasteiger partial charge in [-0.3, -0.25) is 14.6 Å². The fourth-order valence-corrected chi connectivity index (χ4v) is 3.77. The quantitative estimate of drug-likeness (QED) is 0.394. The van der Waals surface area contributed by atoms with E-state index in [4.69, 9.17) is 0 Å². The summed E-state index contributed by atoms with van der Waals surface area (Å²) in [6.45, 7) is 2.32.